The van der Waals surface area contributed by atoms with Crippen LogP contribution in [0.4, 0.5) is 4.79 Å². The molecule has 0 radical (unpaired) electrons. The van der Waals surface area contributed by atoms with Gasteiger partial charge in [-0.05, 0) is 18.8 Å². The summed E-state index contributed by atoms with van der Waals surface area (Å²) >= 11 is 0. The maximum atomic E-state index is 11.6. The van der Waals surface area contributed by atoms with E-state index < -0.39 is 17.9 Å². The van der Waals surface area contributed by atoms with E-state index in [0.717, 1.165) is 0 Å². The van der Waals surface area contributed by atoms with Gasteiger partial charge in [-0.2, -0.15) is 0 Å². The Morgan fingerprint density at radius 1 is 1.19 bits per heavy atom. The van der Waals surface area contributed by atoms with E-state index in [9.17, 15) is 14.4 Å². The van der Waals surface area contributed by atoms with Gasteiger partial charge >= 0.3 is 12.0 Å². The molecule has 0 bridgehead atoms. The Morgan fingerprint density at radius 2 is 1.76 bits per heavy atom. The lowest BCUT2D eigenvalue weighted by molar-refractivity contribution is -0.142. The van der Waals surface area contributed by atoms with Crippen molar-refractivity contribution in [1.29, 1.82) is 0 Å². The molecule has 122 valence electrons. The van der Waals surface area contributed by atoms with Crippen molar-refractivity contribution < 1.29 is 19.5 Å². The minimum atomic E-state index is -0.938. The molecular formula is C14H27N3O4. The number of carbonyl (C=O) groups is 3. The Kier molecular flexibility index (Phi) is 7.76. The molecule has 0 aliphatic rings. The van der Waals surface area contributed by atoms with Crippen LogP contribution >= 0.6 is 0 Å². The molecule has 0 aromatic rings. The third-order valence-electron chi connectivity index (χ3n) is 3.02. The minimum absolute atomic E-state index is 0.0379. The molecule has 0 heterocycles. The predicted octanol–water partition coefficient (Wildman–Crippen LogP) is 0.901. The van der Waals surface area contributed by atoms with E-state index in [0.29, 0.717) is 13.0 Å². The highest BCUT2D eigenvalue weighted by Crippen LogP contribution is 2.24. The topological polar surface area (TPSA) is 98.7 Å². The van der Waals surface area contributed by atoms with E-state index in [4.69, 9.17) is 5.11 Å². The summed E-state index contributed by atoms with van der Waals surface area (Å²) in [6.07, 6.45) is 0.458. The number of rotatable bonds is 7. The lowest BCUT2D eigenvalue weighted by Gasteiger charge is -2.23. The number of nitrogens with zero attached hydrogens (tertiary/aromatic N) is 1. The number of carboxylic acids is 1. The second kappa shape index (κ2) is 8.49. The van der Waals surface area contributed by atoms with Gasteiger partial charge < -0.3 is 20.6 Å². The normalized spacial score (nSPS) is 12.4. The van der Waals surface area contributed by atoms with Crippen LogP contribution in [0.15, 0.2) is 0 Å². The summed E-state index contributed by atoms with van der Waals surface area (Å²) in [5, 5.41) is 14.1. The fourth-order valence-electron chi connectivity index (χ4n) is 1.73. The van der Waals surface area contributed by atoms with Gasteiger partial charge in [0.1, 0.15) is 0 Å². The van der Waals surface area contributed by atoms with Crippen LogP contribution in [0.3, 0.4) is 0 Å². The molecule has 0 aliphatic heterocycles. The molecule has 7 nitrogen and oxygen atoms in total. The number of nitrogens with one attached hydrogen (secondary N) is 2. The van der Waals surface area contributed by atoms with Gasteiger partial charge in [-0.25, -0.2) is 4.79 Å². The summed E-state index contributed by atoms with van der Waals surface area (Å²) in [5.74, 6) is -1.78. The van der Waals surface area contributed by atoms with Gasteiger partial charge in [0.25, 0.3) is 0 Å². The maximum Gasteiger partial charge on any atom is 0.315 e. The number of amides is 3. The average Bonchev–Trinajstić information content (AvgIpc) is 2.38. The molecule has 1 atom stereocenters. The second-order valence-corrected chi connectivity index (χ2v) is 6.27. The van der Waals surface area contributed by atoms with Crippen molar-refractivity contribution in [2.24, 2.45) is 11.3 Å². The highest BCUT2D eigenvalue weighted by molar-refractivity contribution is 5.84. The van der Waals surface area contributed by atoms with Crippen molar-refractivity contribution in [2.45, 2.75) is 34.1 Å². The second-order valence-electron chi connectivity index (χ2n) is 6.27. The monoisotopic (exact) mass is 301 g/mol. The molecule has 0 aromatic carbocycles. The molecule has 3 N–H and O–H groups in total. The first-order valence-corrected chi connectivity index (χ1v) is 7.05. The Labute approximate surface area is 126 Å². The van der Waals surface area contributed by atoms with Crippen molar-refractivity contribution in [3.8, 4) is 0 Å². The summed E-state index contributed by atoms with van der Waals surface area (Å²) in [7, 11) is 1.64. The standard InChI is InChI=1S/C14H27N3O4/c1-6-17(5)11(18)9-16-13(21)15-8-10(12(19)20)7-14(2,3)4/h10H,6-9H2,1-5H3,(H,19,20)(H2,15,16,21). The first-order valence-electron chi connectivity index (χ1n) is 7.05. The van der Waals surface area contributed by atoms with E-state index in [-0.39, 0.29) is 24.4 Å². The van der Waals surface area contributed by atoms with Crippen LogP contribution in [0.5, 0.6) is 0 Å². The summed E-state index contributed by atoms with van der Waals surface area (Å²) in [6, 6.07) is -0.534. The van der Waals surface area contributed by atoms with Gasteiger partial charge in [-0.1, -0.05) is 20.8 Å². The summed E-state index contributed by atoms with van der Waals surface area (Å²) in [6.45, 7) is 8.17. The number of aliphatic carboxylic acids is 1. The Hall–Kier alpha value is -1.79. The number of hydrogen-bond acceptors (Lipinski definition) is 3. The van der Waals surface area contributed by atoms with Crippen LogP contribution in [0.25, 0.3) is 0 Å². The summed E-state index contributed by atoms with van der Waals surface area (Å²) < 4.78 is 0. The maximum absolute atomic E-state index is 11.6. The molecule has 0 fully saturated rings. The van der Waals surface area contributed by atoms with Crippen molar-refractivity contribution in [1.82, 2.24) is 15.5 Å². The number of urea groups is 1. The van der Waals surface area contributed by atoms with Crippen molar-refractivity contribution in [3.05, 3.63) is 0 Å². The van der Waals surface area contributed by atoms with Gasteiger partial charge in [0, 0.05) is 20.1 Å². The molecule has 0 rings (SSSR count). The van der Waals surface area contributed by atoms with Crippen LogP contribution in [0.2, 0.25) is 0 Å². The molecular weight excluding hydrogens is 274 g/mol. The summed E-state index contributed by atoms with van der Waals surface area (Å²) in [4.78, 5) is 35.7. The lowest BCUT2D eigenvalue weighted by atomic mass is 9.84. The Balaban J connectivity index is 4.20. The SMILES string of the molecule is CCN(C)C(=O)CNC(=O)NCC(CC(C)(C)C)C(=O)O. The van der Waals surface area contributed by atoms with Crippen molar-refractivity contribution >= 4 is 17.9 Å². The molecule has 7 heteroatoms. The Morgan fingerprint density at radius 3 is 2.19 bits per heavy atom. The van der Waals surface area contributed by atoms with E-state index in [1.54, 1.807) is 7.05 Å². The highest BCUT2D eigenvalue weighted by atomic mass is 16.4. The fraction of sp³-hybridized carbons (Fsp3) is 0.786. The number of carboxylic acid groups (broad SMARTS) is 1. The first kappa shape index (κ1) is 19.2. The van der Waals surface area contributed by atoms with Crippen LogP contribution in [0.1, 0.15) is 34.1 Å². The zero-order valence-electron chi connectivity index (χ0n) is 13.5. The Bertz CT molecular complexity index is 377. The minimum Gasteiger partial charge on any atom is -0.481 e. The van der Waals surface area contributed by atoms with E-state index in [1.165, 1.54) is 4.90 Å². The number of hydrogen-bond donors (Lipinski definition) is 3. The third-order valence-corrected chi connectivity index (χ3v) is 3.02. The highest BCUT2D eigenvalue weighted by Gasteiger charge is 2.25. The molecule has 0 saturated heterocycles. The number of likely N-dealkylation sites (N-methyl/N-ethyl adjacent to an activating group) is 1. The quantitative estimate of drug-likeness (QED) is 0.650. The average molecular weight is 301 g/mol. The van der Waals surface area contributed by atoms with Gasteiger partial charge in [0.15, 0.2) is 0 Å². The van der Waals surface area contributed by atoms with Crippen molar-refractivity contribution in [2.75, 3.05) is 26.7 Å². The molecule has 0 saturated carbocycles. The molecule has 0 aliphatic carbocycles. The van der Waals surface area contributed by atoms with Gasteiger partial charge in [-0.15, -0.1) is 0 Å². The van der Waals surface area contributed by atoms with Crippen LogP contribution in [0, 0.1) is 11.3 Å². The van der Waals surface area contributed by atoms with E-state index in [2.05, 4.69) is 10.6 Å². The van der Waals surface area contributed by atoms with Crippen LogP contribution in [-0.4, -0.2) is 54.6 Å². The van der Waals surface area contributed by atoms with Gasteiger partial charge in [0.05, 0.1) is 12.5 Å². The predicted molar refractivity (Wildman–Crippen MR) is 79.9 cm³/mol. The van der Waals surface area contributed by atoms with Gasteiger partial charge in [0.2, 0.25) is 5.91 Å². The zero-order chi connectivity index (χ0) is 16.6. The lowest BCUT2D eigenvalue weighted by Crippen LogP contribution is -2.44. The zero-order valence-corrected chi connectivity index (χ0v) is 13.5. The number of carbonyl (C=O) groups excluding carboxylic acids is 2. The van der Waals surface area contributed by atoms with Crippen LogP contribution < -0.4 is 10.6 Å². The molecule has 0 spiro atoms. The molecule has 3 amide bonds. The summed E-state index contributed by atoms with van der Waals surface area (Å²) in [5.41, 5.74) is -0.138. The van der Waals surface area contributed by atoms with Gasteiger partial charge in [-0.3, -0.25) is 9.59 Å². The smallest absolute Gasteiger partial charge is 0.315 e. The van der Waals surface area contributed by atoms with Crippen LogP contribution in [-0.2, 0) is 9.59 Å². The van der Waals surface area contributed by atoms with Crippen molar-refractivity contribution in [3.63, 3.8) is 0 Å². The van der Waals surface area contributed by atoms with E-state index in [1.807, 2.05) is 27.7 Å². The van der Waals surface area contributed by atoms with E-state index >= 15 is 0 Å². The largest absolute Gasteiger partial charge is 0.481 e. The fourth-order valence-corrected chi connectivity index (χ4v) is 1.73. The third kappa shape index (κ3) is 8.88. The first-order chi connectivity index (χ1) is 9.56. The molecule has 0 aromatic heterocycles. The molecule has 21 heavy (non-hydrogen) atoms. The molecule has 1 unspecified atom stereocenters.